The average Bonchev–Trinajstić information content (AvgIpc) is 3.48. The van der Waals surface area contributed by atoms with Crippen molar-refractivity contribution in [3.8, 4) is 11.6 Å². The fraction of sp³-hybridized carbons (Fsp3) is 0.556. The number of hydrogen-bond acceptors (Lipinski definition) is 12. The molecule has 2 unspecified atom stereocenters. The predicted octanol–water partition coefficient (Wildman–Crippen LogP) is 3.18. The summed E-state index contributed by atoms with van der Waals surface area (Å²) in [5, 5.41) is 2.89. The number of anilines is 1. The number of nitrogen functional groups attached to an aromatic ring is 1. The molecule has 4 heterocycles. The largest absolute Gasteiger partial charge is 0.476 e. The van der Waals surface area contributed by atoms with Gasteiger partial charge in [0, 0.05) is 6.42 Å². The van der Waals surface area contributed by atoms with Crippen molar-refractivity contribution in [2.24, 2.45) is 0 Å². The number of rotatable bonds is 12. The lowest BCUT2D eigenvalue weighted by Gasteiger charge is -2.36. The summed E-state index contributed by atoms with van der Waals surface area (Å²) >= 11 is 0. The van der Waals surface area contributed by atoms with Crippen LogP contribution in [0.25, 0.3) is 11.2 Å². The van der Waals surface area contributed by atoms with Crippen molar-refractivity contribution < 1.29 is 37.4 Å². The number of ether oxygens (including phenoxy) is 4. The second-order valence-electron chi connectivity index (χ2n) is 11.1. The Kier molecular flexibility index (Phi) is 7.60. The van der Waals surface area contributed by atoms with Crippen LogP contribution < -0.4 is 20.1 Å². The maximum Gasteiger partial charge on any atom is 0.459 e. The van der Waals surface area contributed by atoms with Crippen LogP contribution in [0.15, 0.2) is 36.7 Å². The molecular formula is C27H35N6O8P. The normalized spacial score (nSPS) is 25.7. The Hall–Kier alpha value is -3.29. The molecule has 0 radical (unpaired) electrons. The van der Waals surface area contributed by atoms with Crippen LogP contribution in [0.5, 0.6) is 11.6 Å². The van der Waals surface area contributed by atoms with Crippen molar-refractivity contribution in [1.29, 1.82) is 0 Å². The van der Waals surface area contributed by atoms with Crippen molar-refractivity contribution in [1.82, 2.24) is 24.6 Å². The summed E-state index contributed by atoms with van der Waals surface area (Å²) in [5.74, 6) is 0.246. The lowest BCUT2D eigenvalue weighted by atomic mass is 9.94. The minimum absolute atomic E-state index is 0.0758. The van der Waals surface area contributed by atoms with Gasteiger partial charge in [0.05, 0.1) is 51.0 Å². The highest BCUT2D eigenvalue weighted by molar-refractivity contribution is 7.52. The highest BCUT2D eigenvalue weighted by Gasteiger charge is 2.58. The molecule has 6 rings (SSSR count). The van der Waals surface area contributed by atoms with E-state index in [1.54, 1.807) is 44.4 Å². The minimum Gasteiger partial charge on any atom is -0.476 e. The van der Waals surface area contributed by atoms with E-state index in [0.29, 0.717) is 48.7 Å². The number of nitrogens with one attached hydrogen (secondary N) is 1. The number of para-hydroxylation sites is 1. The molecular weight excluding hydrogens is 567 g/mol. The molecule has 3 aromatic rings. The van der Waals surface area contributed by atoms with Gasteiger partial charge in [-0.05, 0) is 45.7 Å². The number of hydrogen-bond donors (Lipinski definition) is 2. The molecule has 226 valence electrons. The van der Waals surface area contributed by atoms with Crippen LogP contribution >= 0.6 is 7.75 Å². The SMILES string of the molecule is CCOc1nc(N)nc2c1ncn2C1CO[C@@]2(COP(=O)(NC3(C(=O)OC(C)C)CC3)Oc3ccccc3)CO[C@@H]1C2. The summed E-state index contributed by atoms with van der Waals surface area (Å²) in [7, 11) is -4.06. The molecule has 1 saturated carbocycles. The third kappa shape index (κ3) is 5.69. The Morgan fingerprint density at radius 1 is 1.26 bits per heavy atom. The summed E-state index contributed by atoms with van der Waals surface area (Å²) in [4.78, 5) is 25.8. The van der Waals surface area contributed by atoms with Crippen molar-refractivity contribution >= 4 is 30.8 Å². The van der Waals surface area contributed by atoms with E-state index in [-0.39, 0.29) is 44.0 Å². The van der Waals surface area contributed by atoms with Gasteiger partial charge in [-0.1, -0.05) is 18.2 Å². The number of benzene rings is 1. The van der Waals surface area contributed by atoms with E-state index in [0.717, 1.165) is 0 Å². The third-order valence-electron chi connectivity index (χ3n) is 7.47. The minimum atomic E-state index is -4.06. The Bertz CT molecular complexity index is 1500. The first-order chi connectivity index (χ1) is 20.1. The Labute approximate surface area is 242 Å². The van der Waals surface area contributed by atoms with Crippen molar-refractivity contribution in [2.45, 2.75) is 69.4 Å². The van der Waals surface area contributed by atoms with E-state index in [2.05, 4.69) is 20.0 Å². The Balaban J connectivity index is 1.18. The molecule has 0 amide bonds. The lowest BCUT2D eigenvalue weighted by Crippen LogP contribution is -2.46. The molecule has 2 bridgehead atoms. The summed E-state index contributed by atoms with van der Waals surface area (Å²) in [6, 6.07) is 8.42. The molecule has 2 saturated heterocycles. The van der Waals surface area contributed by atoms with E-state index < -0.39 is 24.9 Å². The standard InChI is InChI=1S/C27H35N6O8P/c1-4-36-23-21-22(30-25(28)31-23)33(16-29-21)19-13-38-26(12-20(19)37-14-26)15-39-42(35,41-18-8-6-5-7-9-18)32-27(10-11-27)24(34)40-17(2)3/h5-9,16-17,19-20H,4,10-15H2,1-3H3,(H,32,35)(H2,28,30,31)/t19?,20-,26-,42?/m1/s1. The Morgan fingerprint density at radius 2 is 2.05 bits per heavy atom. The van der Waals surface area contributed by atoms with Crippen LogP contribution in [-0.2, 0) is 28.1 Å². The van der Waals surface area contributed by atoms with Crippen molar-refractivity contribution in [2.75, 3.05) is 32.2 Å². The fourth-order valence-electron chi connectivity index (χ4n) is 5.23. The third-order valence-corrected chi connectivity index (χ3v) is 9.09. The van der Waals surface area contributed by atoms with E-state index >= 15 is 0 Å². The number of aromatic nitrogens is 4. The van der Waals surface area contributed by atoms with E-state index in [1.165, 1.54) is 0 Å². The Morgan fingerprint density at radius 3 is 2.76 bits per heavy atom. The second-order valence-corrected chi connectivity index (χ2v) is 12.7. The number of nitrogens with two attached hydrogens (primary N) is 1. The zero-order valence-corrected chi connectivity index (χ0v) is 24.6. The van der Waals surface area contributed by atoms with Gasteiger partial charge < -0.3 is 33.8 Å². The van der Waals surface area contributed by atoms with Crippen LogP contribution in [0.3, 0.4) is 0 Å². The zero-order chi connectivity index (χ0) is 29.5. The number of carbonyl (C=O) groups excluding carboxylic acids is 1. The van der Waals surface area contributed by atoms with Gasteiger partial charge in [-0.15, -0.1) is 0 Å². The highest BCUT2D eigenvalue weighted by atomic mass is 31.2. The molecule has 3 N–H and O–H groups in total. The van der Waals surface area contributed by atoms with Crippen LogP contribution in [0.1, 0.15) is 46.1 Å². The van der Waals surface area contributed by atoms with Crippen molar-refractivity contribution in [3.05, 3.63) is 36.7 Å². The van der Waals surface area contributed by atoms with Crippen LogP contribution in [0.4, 0.5) is 5.95 Å². The molecule has 14 nitrogen and oxygen atoms in total. The number of fused-ring (bicyclic) bond motifs is 3. The molecule has 0 spiro atoms. The summed E-state index contributed by atoms with van der Waals surface area (Å²) in [6.45, 7) is 6.18. The first-order valence-electron chi connectivity index (χ1n) is 14.0. The first-order valence-corrected chi connectivity index (χ1v) is 15.6. The number of carbonyl (C=O) groups is 1. The molecule has 1 aliphatic carbocycles. The summed E-state index contributed by atoms with van der Waals surface area (Å²) < 4.78 is 51.4. The molecule has 2 aliphatic heterocycles. The molecule has 1 aromatic carbocycles. The molecule has 4 atom stereocenters. The van der Waals surface area contributed by atoms with Gasteiger partial charge in [-0.2, -0.15) is 15.1 Å². The highest BCUT2D eigenvalue weighted by Crippen LogP contribution is 2.53. The molecule has 3 fully saturated rings. The van der Waals surface area contributed by atoms with Gasteiger partial charge in [0.2, 0.25) is 11.8 Å². The maximum absolute atomic E-state index is 14.1. The van der Waals surface area contributed by atoms with E-state index in [1.807, 2.05) is 17.6 Å². The molecule has 2 aromatic heterocycles. The summed E-state index contributed by atoms with van der Waals surface area (Å²) in [5.41, 5.74) is 4.96. The zero-order valence-electron chi connectivity index (χ0n) is 23.7. The molecule has 42 heavy (non-hydrogen) atoms. The topological polar surface area (TPSA) is 171 Å². The number of esters is 1. The van der Waals surface area contributed by atoms with Crippen molar-refractivity contribution in [3.63, 3.8) is 0 Å². The number of nitrogens with zero attached hydrogens (tertiary/aromatic N) is 4. The summed E-state index contributed by atoms with van der Waals surface area (Å²) in [6.07, 6.45) is 2.44. The lowest BCUT2D eigenvalue weighted by molar-refractivity contribution is -0.150. The van der Waals surface area contributed by atoms with Gasteiger partial charge in [0.1, 0.15) is 16.9 Å². The molecule has 3 aliphatic rings. The van der Waals surface area contributed by atoms with Gasteiger partial charge in [0.25, 0.3) is 0 Å². The van der Waals surface area contributed by atoms with Gasteiger partial charge >= 0.3 is 13.7 Å². The van der Waals surface area contributed by atoms with E-state index in [4.69, 9.17) is 33.7 Å². The fourth-order valence-corrected chi connectivity index (χ4v) is 7.04. The van der Waals surface area contributed by atoms with Gasteiger partial charge in [-0.3, -0.25) is 9.32 Å². The monoisotopic (exact) mass is 602 g/mol. The van der Waals surface area contributed by atoms with Crippen LogP contribution in [-0.4, -0.2) is 75.3 Å². The maximum atomic E-state index is 14.1. The predicted molar refractivity (Wildman–Crippen MR) is 150 cm³/mol. The molecule has 15 heteroatoms. The van der Waals surface area contributed by atoms with Crippen LogP contribution in [0, 0.1) is 0 Å². The van der Waals surface area contributed by atoms with Gasteiger partial charge in [-0.25, -0.2) is 9.55 Å². The second kappa shape index (κ2) is 11.1. The first kappa shape index (κ1) is 28.8. The van der Waals surface area contributed by atoms with Gasteiger partial charge in [0.15, 0.2) is 11.2 Å². The smallest absolute Gasteiger partial charge is 0.459 e. The van der Waals surface area contributed by atoms with E-state index in [9.17, 15) is 9.36 Å². The van der Waals surface area contributed by atoms with Crippen LogP contribution in [0.2, 0.25) is 0 Å². The number of imidazole rings is 1. The average molecular weight is 603 g/mol. The quantitative estimate of drug-likeness (QED) is 0.229.